The summed E-state index contributed by atoms with van der Waals surface area (Å²) >= 11 is 6.49. The third-order valence-corrected chi connectivity index (χ3v) is 6.58. The average Bonchev–Trinajstić information content (AvgIpc) is 3.01. The summed E-state index contributed by atoms with van der Waals surface area (Å²) in [7, 11) is 0. The Morgan fingerprint density at radius 1 is 1.30 bits per heavy atom. The van der Waals surface area contributed by atoms with Crippen molar-refractivity contribution in [2.75, 3.05) is 13.1 Å². The van der Waals surface area contributed by atoms with Crippen molar-refractivity contribution < 1.29 is 14.0 Å². The van der Waals surface area contributed by atoms with Crippen molar-refractivity contribution in [2.45, 2.75) is 25.3 Å². The first-order valence-electron chi connectivity index (χ1n) is 9.73. The molecule has 154 valence electrons. The van der Waals surface area contributed by atoms with E-state index >= 15 is 0 Å². The van der Waals surface area contributed by atoms with Crippen LogP contribution in [0.1, 0.15) is 36.4 Å². The quantitative estimate of drug-likeness (QED) is 0.526. The highest BCUT2D eigenvalue weighted by atomic mass is 32.2. The van der Waals surface area contributed by atoms with Crippen LogP contribution < -0.4 is 0 Å². The van der Waals surface area contributed by atoms with E-state index in [-0.39, 0.29) is 30.2 Å². The smallest absolute Gasteiger partial charge is 0.266 e. The molecule has 2 aliphatic rings. The molecule has 0 unspecified atom stereocenters. The summed E-state index contributed by atoms with van der Waals surface area (Å²) in [5, 5.41) is 0. The van der Waals surface area contributed by atoms with Crippen LogP contribution in [0.4, 0.5) is 4.39 Å². The molecule has 0 bridgehead atoms. The Morgan fingerprint density at radius 3 is 2.93 bits per heavy atom. The number of pyridine rings is 1. The number of amides is 2. The fourth-order valence-corrected chi connectivity index (χ4v) is 5.01. The zero-order valence-electron chi connectivity index (χ0n) is 16.2. The topological polar surface area (TPSA) is 53.5 Å². The molecule has 2 aliphatic heterocycles. The van der Waals surface area contributed by atoms with E-state index < -0.39 is 0 Å². The second kappa shape index (κ2) is 9.06. The molecule has 1 atom stereocenters. The molecule has 0 radical (unpaired) electrons. The summed E-state index contributed by atoms with van der Waals surface area (Å²) in [5.41, 5.74) is 1.58. The Kier molecular flexibility index (Phi) is 6.24. The van der Waals surface area contributed by atoms with Gasteiger partial charge in [-0.25, -0.2) is 4.39 Å². The van der Waals surface area contributed by atoms with Crippen LogP contribution in [0.25, 0.3) is 6.08 Å². The van der Waals surface area contributed by atoms with E-state index in [9.17, 15) is 14.0 Å². The summed E-state index contributed by atoms with van der Waals surface area (Å²) in [6.45, 7) is 0.550. The fraction of sp³-hybridized carbons (Fsp3) is 0.273. The van der Waals surface area contributed by atoms with Gasteiger partial charge in [0.1, 0.15) is 16.7 Å². The summed E-state index contributed by atoms with van der Waals surface area (Å²) in [4.78, 5) is 33.7. The lowest BCUT2D eigenvalue weighted by Crippen LogP contribution is -2.45. The van der Waals surface area contributed by atoms with E-state index in [2.05, 4.69) is 4.98 Å². The number of piperidine rings is 1. The molecular weight excluding hydrogens is 421 g/mol. The molecule has 4 rings (SSSR count). The third-order valence-electron chi connectivity index (χ3n) is 5.21. The number of nitrogens with zero attached hydrogens (tertiary/aromatic N) is 3. The van der Waals surface area contributed by atoms with Gasteiger partial charge in [-0.1, -0.05) is 42.2 Å². The molecule has 2 amide bonds. The largest absolute Gasteiger partial charge is 0.334 e. The highest BCUT2D eigenvalue weighted by Crippen LogP contribution is 2.34. The lowest BCUT2D eigenvalue weighted by molar-refractivity contribution is -0.138. The third kappa shape index (κ3) is 4.44. The monoisotopic (exact) mass is 441 g/mol. The van der Waals surface area contributed by atoms with E-state index in [0.717, 1.165) is 36.6 Å². The number of aromatic nitrogens is 1. The number of halogens is 1. The number of carbonyl (C=O) groups excluding carboxylic acids is 2. The Hall–Kier alpha value is -2.58. The average molecular weight is 442 g/mol. The van der Waals surface area contributed by atoms with E-state index in [1.54, 1.807) is 30.6 Å². The Bertz CT molecular complexity index is 1010. The number of benzene rings is 1. The highest BCUT2D eigenvalue weighted by molar-refractivity contribution is 8.26. The van der Waals surface area contributed by atoms with Crippen LogP contribution in [0.15, 0.2) is 53.7 Å². The number of carbonyl (C=O) groups is 2. The predicted octanol–water partition coefficient (Wildman–Crippen LogP) is 4.18. The van der Waals surface area contributed by atoms with Crippen molar-refractivity contribution in [1.29, 1.82) is 0 Å². The lowest BCUT2D eigenvalue weighted by Gasteiger charge is -2.36. The summed E-state index contributed by atoms with van der Waals surface area (Å²) in [6, 6.07) is 9.80. The van der Waals surface area contributed by atoms with Crippen LogP contribution in [0.2, 0.25) is 0 Å². The molecule has 5 nitrogen and oxygen atoms in total. The molecule has 1 aromatic carbocycles. The van der Waals surface area contributed by atoms with Crippen LogP contribution in [0.5, 0.6) is 0 Å². The van der Waals surface area contributed by atoms with Crippen molar-refractivity contribution in [1.82, 2.24) is 14.8 Å². The van der Waals surface area contributed by atoms with Crippen molar-refractivity contribution in [3.05, 3.63) is 70.6 Å². The van der Waals surface area contributed by atoms with Gasteiger partial charge in [0, 0.05) is 18.9 Å². The molecule has 3 heterocycles. The van der Waals surface area contributed by atoms with Gasteiger partial charge in [-0.05, 0) is 54.7 Å². The van der Waals surface area contributed by atoms with Crippen molar-refractivity contribution in [3.63, 3.8) is 0 Å². The van der Waals surface area contributed by atoms with Crippen molar-refractivity contribution in [3.8, 4) is 0 Å². The molecule has 8 heteroatoms. The number of thiocarbonyl (C=S) groups is 1. The Balaban J connectivity index is 1.49. The maximum absolute atomic E-state index is 13.4. The first-order chi connectivity index (χ1) is 14.5. The minimum atomic E-state index is -0.374. The first-order valence-corrected chi connectivity index (χ1v) is 11.0. The summed E-state index contributed by atoms with van der Waals surface area (Å²) < 4.78 is 13.8. The predicted molar refractivity (Wildman–Crippen MR) is 119 cm³/mol. The zero-order chi connectivity index (χ0) is 21.1. The number of rotatable bonds is 4. The first kappa shape index (κ1) is 20.7. The maximum atomic E-state index is 13.4. The van der Waals surface area contributed by atoms with Crippen molar-refractivity contribution >= 4 is 46.2 Å². The fourth-order valence-electron chi connectivity index (χ4n) is 3.76. The summed E-state index contributed by atoms with van der Waals surface area (Å²) in [5.74, 6) is -0.828. The van der Waals surface area contributed by atoms with Crippen LogP contribution in [0.3, 0.4) is 0 Å². The minimum absolute atomic E-state index is 0.0406. The van der Waals surface area contributed by atoms with Crippen LogP contribution >= 0.6 is 24.0 Å². The van der Waals surface area contributed by atoms with Crippen molar-refractivity contribution in [2.24, 2.45) is 0 Å². The number of hydrogen-bond donors (Lipinski definition) is 0. The Labute approximate surface area is 184 Å². The molecule has 0 saturated carbocycles. The highest BCUT2D eigenvalue weighted by Gasteiger charge is 2.36. The van der Waals surface area contributed by atoms with Gasteiger partial charge >= 0.3 is 0 Å². The molecule has 30 heavy (non-hydrogen) atoms. The standard InChI is InChI=1S/C22H20FN3O2S2/c23-17-7-3-5-15(11-17)12-19-21(28)26(22(29)30-19)14-20(27)25-10-2-1-8-18(25)16-6-4-9-24-13-16/h3-7,9,11-13,18H,1-2,8,10,14H2/b19-12-/t18-/m0/s1. The molecule has 0 spiro atoms. The molecule has 1 aromatic heterocycles. The maximum Gasteiger partial charge on any atom is 0.266 e. The molecule has 0 aliphatic carbocycles. The lowest BCUT2D eigenvalue weighted by atomic mass is 9.96. The molecule has 2 aromatic rings. The van der Waals surface area contributed by atoms with Crippen LogP contribution in [0, 0.1) is 5.82 Å². The van der Waals surface area contributed by atoms with Gasteiger partial charge in [0.05, 0.1) is 10.9 Å². The van der Waals surface area contributed by atoms with Gasteiger partial charge in [0.25, 0.3) is 5.91 Å². The van der Waals surface area contributed by atoms with E-state index in [1.165, 1.54) is 17.0 Å². The van der Waals surface area contributed by atoms with E-state index in [1.807, 2.05) is 17.0 Å². The SMILES string of the molecule is O=C1/C(=C/c2cccc(F)c2)SC(=S)N1CC(=O)N1CCCC[C@H]1c1cccnc1. The second-order valence-electron chi connectivity index (χ2n) is 7.21. The zero-order valence-corrected chi connectivity index (χ0v) is 17.8. The van der Waals surface area contributed by atoms with Gasteiger partial charge in [-0.15, -0.1) is 0 Å². The molecule has 0 N–H and O–H groups in total. The number of hydrogen-bond acceptors (Lipinski definition) is 5. The van der Waals surface area contributed by atoms with Gasteiger partial charge < -0.3 is 4.90 Å². The number of likely N-dealkylation sites (tertiary alicyclic amines) is 1. The normalized spacial score (nSPS) is 20.8. The van der Waals surface area contributed by atoms with Gasteiger partial charge in [-0.2, -0.15) is 0 Å². The van der Waals surface area contributed by atoms with E-state index in [4.69, 9.17) is 12.2 Å². The van der Waals surface area contributed by atoms with Gasteiger partial charge in [-0.3, -0.25) is 19.5 Å². The number of thioether (sulfide) groups is 1. The van der Waals surface area contributed by atoms with Crippen LogP contribution in [-0.4, -0.2) is 44.0 Å². The molecule has 2 saturated heterocycles. The molecular formula is C22H20FN3O2S2. The van der Waals surface area contributed by atoms with E-state index in [0.29, 0.717) is 21.3 Å². The Morgan fingerprint density at radius 2 is 2.17 bits per heavy atom. The van der Waals surface area contributed by atoms with Gasteiger partial charge in [0.15, 0.2) is 0 Å². The second-order valence-corrected chi connectivity index (χ2v) is 8.88. The summed E-state index contributed by atoms with van der Waals surface area (Å²) in [6.07, 6.45) is 7.95. The minimum Gasteiger partial charge on any atom is -0.334 e. The van der Waals surface area contributed by atoms with Gasteiger partial charge in [0.2, 0.25) is 5.91 Å². The van der Waals surface area contributed by atoms with Crippen LogP contribution in [-0.2, 0) is 9.59 Å². The molecule has 2 fully saturated rings.